The largest absolute Gasteiger partial charge is 0.492 e. The molecular formula is C19H20F2N2O5S. The Kier molecular flexibility index (Phi) is 6.46. The van der Waals surface area contributed by atoms with Crippen LogP contribution >= 0.6 is 0 Å². The number of hydrogen-bond donors (Lipinski definition) is 1. The van der Waals surface area contributed by atoms with Crippen LogP contribution in [-0.4, -0.2) is 51.5 Å². The first-order chi connectivity index (χ1) is 13.8. The van der Waals surface area contributed by atoms with Gasteiger partial charge in [-0.05, 0) is 37.3 Å². The molecule has 1 saturated heterocycles. The molecule has 1 heterocycles. The minimum Gasteiger partial charge on any atom is -0.492 e. The smallest absolute Gasteiger partial charge is 0.255 e. The number of hydrogen-bond acceptors (Lipinski definition) is 5. The highest BCUT2D eigenvalue weighted by Gasteiger charge is 2.30. The molecule has 2 aromatic carbocycles. The summed E-state index contributed by atoms with van der Waals surface area (Å²) in [4.78, 5) is 12.2. The maximum atomic E-state index is 13.4. The van der Waals surface area contributed by atoms with Crippen molar-refractivity contribution in [2.45, 2.75) is 11.8 Å². The van der Waals surface area contributed by atoms with Crippen molar-refractivity contribution >= 4 is 21.6 Å². The lowest BCUT2D eigenvalue weighted by Gasteiger charge is -2.27. The lowest BCUT2D eigenvalue weighted by molar-refractivity contribution is 0.0729. The molecule has 0 saturated carbocycles. The van der Waals surface area contributed by atoms with Crippen molar-refractivity contribution in [2.24, 2.45) is 0 Å². The van der Waals surface area contributed by atoms with Gasteiger partial charge in [0.05, 0.1) is 19.8 Å². The molecular weight excluding hydrogens is 406 g/mol. The summed E-state index contributed by atoms with van der Waals surface area (Å²) in [5, 5.41) is 2.46. The number of carbonyl (C=O) groups is 1. The van der Waals surface area contributed by atoms with Crippen molar-refractivity contribution in [1.29, 1.82) is 0 Å². The fraction of sp³-hybridized carbons (Fsp3) is 0.316. The molecule has 0 bridgehead atoms. The Morgan fingerprint density at radius 2 is 1.79 bits per heavy atom. The first-order valence-electron chi connectivity index (χ1n) is 8.93. The number of benzene rings is 2. The molecule has 0 radical (unpaired) electrons. The Morgan fingerprint density at radius 3 is 2.41 bits per heavy atom. The van der Waals surface area contributed by atoms with Crippen LogP contribution in [0.25, 0.3) is 0 Å². The standard InChI is InChI=1S/C19H20F2N2O5S/c1-2-28-17-4-3-16(22-19(24)13-9-14(20)11-15(21)10-13)12-18(17)29(25,26)23-5-7-27-8-6-23/h3-4,9-12H,2,5-8H2,1H3,(H,22,24). The Balaban J connectivity index is 1.92. The topological polar surface area (TPSA) is 84.9 Å². The molecule has 1 aliphatic heterocycles. The molecule has 0 aromatic heterocycles. The number of halogens is 2. The van der Waals surface area contributed by atoms with Gasteiger partial charge in [0.15, 0.2) is 0 Å². The van der Waals surface area contributed by atoms with Crippen molar-refractivity contribution < 1.29 is 31.5 Å². The summed E-state index contributed by atoms with van der Waals surface area (Å²) >= 11 is 0. The highest BCUT2D eigenvalue weighted by Crippen LogP contribution is 2.30. The van der Waals surface area contributed by atoms with Crippen molar-refractivity contribution in [3.63, 3.8) is 0 Å². The zero-order valence-corrected chi connectivity index (χ0v) is 16.5. The zero-order valence-electron chi connectivity index (χ0n) is 15.7. The number of nitrogens with one attached hydrogen (secondary N) is 1. The first-order valence-corrected chi connectivity index (χ1v) is 10.4. The predicted molar refractivity (Wildman–Crippen MR) is 102 cm³/mol. The SMILES string of the molecule is CCOc1ccc(NC(=O)c2cc(F)cc(F)c2)cc1S(=O)(=O)N1CCOCC1. The number of ether oxygens (including phenoxy) is 2. The maximum absolute atomic E-state index is 13.4. The van der Waals surface area contributed by atoms with E-state index in [9.17, 15) is 22.0 Å². The van der Waals surface area contributed by atoms with E-state index >= 15 is 0 Å². The first kappa shape index (κ1) is 21.2. The van der Waals surface area contributed by atoms with Gasteiger partial charge in [0, 0.05) is 30.4 Å². The minimum absolute atomic E-state index is 0.107. The normalized spacial score (nSPS) is 15.1. The number of amides is 1. The van der Waals surface area contributed by atoms with Crippen LogP contribution in [0.5, 0.6) is 5.75 Å². The molecule has 0 spiro atoms. The van der Waals surface area contributed by atoms with Gasteiger partial charge in [-0.2, -0.15) is 4.31 Å². The second kappa shape index (κ2) is 8.85. The number of rotatable bonds is 6. The molecule has 1 aliphatic rings. The van der Waals surface area contributed by atoms with Crippen LogP contribution in [0, 0.1) is 11.6 Å². The van der Waals surface area contributed by atoms with Crippen LogP contribution in [-0.2, 0) is 14.8 Å². The quantitative estimate of drug-likeness (QED) is 0.768. The van der Waals surface area contributed by atoms with Gasteiger partial charge in [-0.25, -0.2) is 17.2 Å². The fourth-order valence-electron chi connectivity index (χ4n) is 2.88. The summed E-state index contributed by atoms with van der Waals surface area (Å²) in [6, 6.07) is 6.58. The van der Waals surface area contributed by atoms with E-state index in [1.165, 1.54) is 22.5 Å². The molecule has 3 rings (SSSR count). The average Bonchev–Trinajstić information content (AvgIpc) is 2.69. The van der Waals surface area contributed by atoms with E-state index in [0.29, 0.717) is 6.07 Å². The monoisotopic (exact) mass is 426 g/mol. The highest BCUT2D eigenvalue weighted by atomic mass is 32.2. The van der Waals surface area contributed by atoms with Crippen LogP contribution in [0.15, 0.2) is 41.3 Å². The molecule has 0 unspecified atom stereocenters. The van der Waals surface area contributed by atoms with Crippen molar-refractivity contribution in [3.05, 3.63) is 53.6 Å². The summed E-state index contributed by atoms with van der Waals surface area (Å²) in [7, 11) is -3.89. The van der Waals surface area contributed by atoms with E-state index in [2.05, 4.69) is 5.32 Å². The van der Waals surface area contributed by atoms with Crippen LogP contribution < -0.4 is 10.1 Å². The summed E-state index contributed by atoms with van der Waals surface area (Å²) in [5.74, 6) is -2.41. The Labute approximate surface area is 167 Å². The molecule has 1 amide bonds. The molecule has 1 N–H and O–H groups in total. The number of carbonyl (C=O) groups excluding carboxylic acids is 1. The second-order valence-electron chi connectivity index (χ2n) is 6.22. The summed E-state index contributed by atoms with van der Waals surface area (Å²) in [6.07, 6.45) is 0. The molecule has 1 fully saturated rings. The Hall–Kier alpha value is -2.56. The molecule has 29 heavy (non-hydrogen) atoms. The van der Waals surface area contributed by atoms with Gasteiger partial charge in [0.25, 0.3) is 5.91 Å². The van der Waals surface area contributed by atoms with Gasteiger partial charge < -0.3 is 14.8 Å². The zero-order chi connectivity index (χ0) is 21.0. The van der Waals surface area contributed by atoms with E-state index in [-0.39, 0.29) is 54.8 Å². The summed E-state index contributed by atoms with van der Waals surface area (Å²) < 4.78 is 64.8. The van der Waals surface area contributed by atoms with Gasteiger partial charge in [0.2, 0.25) is 10.0 Å². The van der Waals surface area contributed by atoms with Gasteiger partial charge in [-0.1, -0.05) is 0 Å². The van der Waals surface area contributed by atoms with Gasteiger partial charge in [-0.3, -0.25) is 4.79 Å². The molecule has 156 valence electrons. The third-order valence-corrected chi connectivity index (χ3v) is 6.13. The summed E-state index contributed by atoms with van der Waals surface area (Å²) in [5.41, 5.74) is -0.0797. The van der Waals surface area contributed by atoms with Crippen LogP contribution in [0.2, 0.25) is 0 Å². The van der Waals surface area contributed by atoms with Crippen LogP contribution in [0.1, 0.15) is 17.3 Å². The minimum atomic E-state index is -3.89. The van der Waals surface area contributed by atoms with E-state index < -0.39 is 27.6 Å². The number of sulfonamides is 1. The maximum Gasteiger partial charge on any atom is 0.255 e. The molecule has 0 aliphatic carbocycles. The van der Waals surface area contributed by atoms with E-state index in [1.807, 2.05) is 0 Å². The number of anilines is 1. The van der Waals surface area contributed by atoms with E-state index in [0.717, 1.165) is 12.1 Å². The van der Waals surface area contributed by atoms with Crippen LogP contribution in [0.3, 0.4) is 0 Å². The second-order valence-corrected chi connectivity index (χ2v) is 8.13. The third-order valence-electron chi connectivity index (χ3n) is 4.21. The third kappa shape index (κ3) is 4.89. The average molecular weight is 426 g/mol. The molecule has 7 nitrogen and oxygen atoms in total. The van der Waals surface area contributed by atoms with E-state index in [1.54, 1.807) is 6.92 Å². The lowest BCUT2D eigenvalue weighted by atomic mass is 10.2. The Bertz CT molecular complexity index is 987. The fourth-order valence-corrected chi connectivity index (χ4v) is 4.44. The molecule has 10 heteroatoms. The molecule has 2 aromatic rings. The van der Waals surface area contributed by atoms with Crippen molar-refractivity contribution in [3.8, 4) is 5.75 Å². The van der Waals surface area contributed by atoms with E-state index in [4.69, 9.17) is 9.47 Å². The van der Waals surface area contributed by atoms with Gasteiger partial charge >= 0.3 is 0 Å². The highest BCUT2D eigenvalue weighted by molar-refractivity contribution is 7.89. The summed E-state index contributed by atoms with van der Waals surface area (Å²) in [6.45, 7) is 2.94. The molecule has 0 atom stereocenters. The predicted octanol–water partition coefficient (Wildman–Crippen LogP) is 2.64. The lowest BCUT2D eigenvalue weighted by Crippen LogP contribution is -2.40. The van der Waals surface area contributed by atoms with Crippen molar-refractivity contribution in [1.82, 2.24) is 4.31 Å². The Morgan fingerprint density at radius 1 is 1.14 bits per heavy atom. The number of morpholine rings is 1. The number of nitrogens with zero attached hydrogens (tertiary/aromatic N) is 1. The van der Waals surface area contributed by atoms with Gasteiger partial charge in [0.1, 0.15) is 22.3 Å². The van der Waals surface area contributed by atoms with Gasteiger partial charge in [-0.15, -0.1) is 0 Å². The van der Waals surface area contributed by atoms with Crippen molar-refractivity contribution in [2.75, 3.05) is 38.2 Å². The van der Waals surface area contributed by atoms with Crippen LogP contribution in [0.4, 0.5) is 14.5 Å².